The molecule has 14 heteroatoms. The van der Waals surface area contributed by atoms with Gasteiger partial charge in [0.25, 0.3) is 5.56 Å². The fourth-order valence-electron chi connectivity index (χ4n) is 2.74. The Hall–Kier alpha value is -1.76. The molecule has 0 aromatic carbocycles. The summed E-state index contributed by atoms with van der Waals surface area (Å²) in [5.41, 5.74) is -1.81. The average molecular weight is 522 g/mol. The lowest BCUT2D eigenvalue weighted by Gasteiger charge is -2.34. The number of carbonyl (C=O) groups is 2. The van der Waals surface area contributed by atoms with E-state index in [1.807, 2.05) is 6.92 Å². The van der Waals surface area contributed by atoms with Crippen molar-refractivity contribution in [3.8, 4) is 0 Å². The number of ether oxygens (including phenoxy) is 2. The topological polar surface area (TPSA) is 147 Å². The third-order valence-corrected chi connectivity index (χ3v) is 7.19. The summed E-state index contributed by atoms with van der Waals surface area (Å²) in [7, 11) is -1.60. The summed E-state index contributed by atoms with van der Waals surface area (Å²) >= 11 is 1.11. The maximum absolute atomic E-state index is 12.4. The minimum atomic E-state index is -1.60. The number of aromatic nitrogens is 2. The van der Waals surface area contributed by atoms with Crippen LogP contribution < -0.4 is 16.6 Å². The molecule has 0 saturated carbocycles. The second-order valence-electron chi connectivity index (χ2n) is 8.05. The molecule has 1 fully saturated rings. The molecule has 0 bridgehead atoms. The quantitative estimate of drug-likeness (QED) is 0.328. The Bertz CT molecular complexity index is 938. The fourth-order valence-corrected chi connectivity index (χ4v) is 4.79. The van der Waals surface area contributed by atoms with Crippen molar-refractivity contribution in [2.45, 2.75) is 53.1 Å². The standard InChI is InChI=1S/C20H32N3O9PS/c1-6-28-19(27)21-12-20(4,5)17(25)34-10-9-29-33-30-11-15(13(2)32-33)31-14(3)23-8-7-16(24)22-18(23)26/h7-8,13-15H,6,9-12H2,1-5H3,(H,21,27)(H,22,24,26)/t13?,14-,15-,33?/m1/s1. The van der Waals surface area contributed by atoms with Gasteiger partial charge in [0, 0.05) is 24.6 Å². The first-order chi connectivity index (χ1) is 16.0. The molecule has 1 aromatic heterocycles. The zero-order chi connectivity index (χ0) is 25.3. The van der Waals surface area contributed by atoms with Crippen LogP contribution in [0.25, 0.3) is 0 Å². The number of hydrogen-bond donors (Lipinski definition) is 2. The molecule has 2 rings (SSSR count). The van der Waals surface area contributed by atoms with E-state index >= 15 is 0 Å². The second-order valence-corrected chi connectivity index (χ2v) is 10.3. The van der Waals surface area contributed by atoms with E-state index in [4.69, 9.17) is 23.0 Å². The highest BCUT2D eigenvalue weighted by Gasteiger charge is 2.33. The van der Waals surface area contributed by atoms with Crippen LogP contribution >= 0.6 is 20.4 Å². The third kappa shape index (κ3) is 8.79. The summed E-state index contributed by atoms with van der Waals surface area (Å²) in [6.07, 6.45) is -0.631. The zero-order valence-electron chi connectivity index (χ0n) is 19.9. The number of amides is 1. The number of nitrogens with zero attached hydrogens (tertiary/aromatic N) is 1. The predicted octanol–water partition coefficient (Wildman–Crippen LogP) is 2.15. The molecule has 1 aromatic rings. The minimum absolute atomic E-state index is 0.0838. The van der Waals surface area contributed by atoms with Crippen LogP contribution in [-0.4, -0.2) is 65.1 Å². The van der Waals surface area contributed by atoms with Crippen LogP contribution in [0.2, 0.25) is 0 Å². The summed E-state index contributed by atoms with van der Waals surface area (Å²) in [5.74, 6) is 0.397. The van der Waals surface area contributed by atoms with Crippen molar-refractivity contribution in [1.29, 1.82) is 0 Å². The summed E-state index contributed by atoms with van der Waals surface area (Å²) in [4.78, 5) is 49.2. The van der Waals surface area contributed by atoms with Gasteiger partial charge >= 0.3 is 20.4 Å². The Morgan fingerprint density at radius 2 is 2.15 bits per heavy atom. The van der Waals surface area contributed by atoms with Gasteiger partial charge in [-0.3, -0.25) is 19.1 Å². The molecule has 1 amide bonds. The second kappa shape index (κ2) is 13.4. The van der Waals surface area contributed by atoms with Crippen LogP contribution in [0.1, 0.15) is 40.8 Å². The lowest BCUT2D eigenvalue weighted by molar-refractivity contribution is -0.125. The maximum atomic E-state index is 12.4. The Kier molecular flexibility index (Phi) is 11.2. The third-order valence-electron chi connectivity index (χ3n) is 4.75. The van der Waals surface area contributed by atoms with Gasteiger partial charge in [-0.25, -0.2) is 9.59 Å². The molecular formula is C20H32N3O9PS. The molecule has 0 spiro atoms. The van der Waals surface area contributed by atoms with Crippen LogP contribution in [-0.2, 0) is 27.8 Å². The molecular weight excluding hydrogens is 489 g/mol. The normalized spacial score (nSPS) is 21.6. The van der Waals surface area contributed by atoms with Gasteiger partial charge in [-0.05, 0) is 20.8 Å². The molecule has 2 unspecified atom stereocenters. The van der Waals surface area contributed by atoms with Crippen molar-refractivity contribution in [2.75, 3.05) is 32.1 Å². The first-order valence-corrected chi connectivity index (χ1v) is 12.9. The van der Waals surface area contributed by atoms with E-state index in [-0.39, 0.29) is 37.6 Å². The van der Waals surface area contributed by atoms with E-state index in [1.54, 1.807) is 27.7 Å². The molecule has 1 saturated heterocycles. The van der Waals surface area contributed by atoms with Crippen LogP contribution in [0.4, 0.5) is 4.79 Å². The highest BCUT2D eigenvalue weighted by atomic mass is 32.2. The average Bonchev–Trinajstić information content (AvgIpc) is 2.77. The Morgan fingerprint density at radius 1 is 1.41 bits per heavy atom. The fraction of sp³-hybridized carbons (Fsp3) is 0.700. The van der Waals surface area contributed by atoms with E-state index < -0.39 is 43.7 Å². The summed E-state index contributed by atoms with van der Waals surface area (Å²) in [5, 5.41) is 2.49. The first kappa shape index (κ1) is 28.5. The predicted molar refractivity (Wildman–Crippen MR) is 127 cm³/mol. The number of alkyl carbamates (subject to hydrolysis) is 1. The molecule has 34 heavy (non-hydrogen) atoms. The van der Waals surface area contributed by atoms with E-state index in [1.165, 1.54) is 16.8 Å². The monoisotopic (exact) mass is 521 g/mol. The number of carbonyl (C=O) groups excluding carboxylic acids is 2. The summed E-state index contributed by atoms with van der Waals surface area (Å²) < 4.78 is 28.9. The van der Waals surface area contributed by atoms with Gasteiger partial charge in [-0.15, -0.1) is 0 Å². The Balaban J connectivity index is 1.70. The van der Waals surface area contributed by atoms with Gasteiger partial charge in [0.1, 0.15) is 12.3 Å². The molecule has 1 aliphatic heterocycles. The van der Waals surface area contributed by atoms with E-state index in [9.17, 15) is 19.2 Å². The van der Waals surface area contributed by atoms with Crippen LogP contribution in [0, 0.1) is 5.41 Å². The minimum Gasteiger partial charge on any atom is -0.450 e. The number of thioether (sulfide) groups is 1. The Labute approximate surface area is 203 Å². The van der Waals surface area contributed by atoms with Crippen molar-refractivity contribution >= 4 is 31.6 Å². The number of hydrogen-bond acceptors (Lipinski definition) is 10. The molecule has 1 aliphatic rings. The highest BCUT2D eigenvalue weighted by Crippen LogP contribution is 2.45. The van der Waals surface area contributed by atoms with Crippen LogP contribution in [0.15, 0.2) is 21.9 Å². The Morgan fingerprint density at radius 3 is 2.79 bits per heavy atom. The van der Waals surface area contributed by atoms with Crippen molar-refractivity contribution in [3.05, 3.63) is 33.1 Å². The zero-order valence-corrected chi connectivity index (χ0v) is 21.6. The van der Waals surface area contributed by atoms with E-state index in [0.717, 1.165) is 11.8 Å². The number of nitrogens with one attached hydrogen (secondary N) is 2. The molecule has 2 heterocycles. The van der Waals surface area contributed by atoms with Crippen molar-refractivity contribution in [3.63, 3.8) is 0 Å². The molecule has 12 nitrogen and oxygen atoms in total. The molecule has 0 radical (unpaired) electrons. The van der Waals surface area contributed by atoms with Gasteiger partial charge in [-0.2, -0.15) is 0 Å². The largest absolute Gasteiger partial charge is 0.450 e. The number of rotatable bonds is 11. The van der Waals surface area contributed by atoms with Gasteiger partial charge < -0.3 is 28.4 Å². The van der Waals surface area contributed by atoms with Gasteiger partial charge in [-0.1, -0.05) is 25.6 Å². The van der Waals surface area contributed by atoms with E-state index in [2.05, 4.69) is 10.3 Å². The van der Waals surface area contributed by atoms with Gasteiger partial charge in [0.05, 0.1) is 31.3 Å². The summed E-state index contributed by atoms with van der Waals surface area (Å²) in [6, 6.07) is 1.24. The first-order valence-electron chi connectivity index (χ1n) is 10.8. The van der Waals surface area contributed by atoms with Gasteiger partial charge in [0.2, 0.25) is 0 Å². The number of H-pyrrole nitrogens is 1. The smallest absolute Gasteiger partial charge is 0.407 e. The number of aromatic amines is 1. The molecule has 4 atom stereocenters. The maximum Gasteiger partial charge on any atom is 0.407 e. The molecule has 192 valence electrons. The van der Waals surface area contributed by atoms with Gasteiger partial charge in [0.15, 0.2) is 5.12 Å². The van der Waals surface area contributed by atoms with Crippen molar-refractivity contribution in [1.82, 2.24) is 14.9 Å². The van der Waals surface area contributed by atoms with Crippen LogP contribution in [0.5, 0.6) is 0 Å². The lowest BCUT2D eigenvalue weighted by Crippen LogP contribution is -2.40. The van der Waals surface area contributed by atoms with Crippen molar-refractivity contribution < 1.29 is 32.6 Å². The lowest BCUT2D eigenvalue weighted by atomic mass is 9.96. The van der Waals surface area contributed by atoms with Crippen molar-refractivity contribution in [2.24, 2.45) is 5.41 Å². The SMILES string of the molecule is CCOC(=O)NCC(C)(C)C(=O)SCCOP1OC[C@@H](O[C@H](C)n2ccc(=O)[nH]c2=O)C(C)O1. The molecule has 0 aliphatic carbocycles. The summed E-state index contributed by atoms with van der Waals surface area (Å²) in [6.45, 7) is 9.56. The molecule has 2 N–H and O–H groups in total. The van der Waals surface area contributed by atoms with E-state index in [0.29, 0.717) is 5.75 Å². The van der Waals surface area contributed by atoms with Crippen LogP contribution in [0.3, 0.4) is 0 Å². The highest BCUT2D eigenvalue weighted by molar-refractivity contribution is 8.13.